The number of nitrogens with zero attached hydrogens (tertiary/aromatic N) is 3. The van der Waals surface area contributed by atoms with E-state index in [9.17, 15) is 14.4 Å². The van der Waals surface area contributed by atoms with Gasteiger partial charge in [0.05, 0.1) is 6.54 Å². The summed E-state index contributed by atoms with van der Waals surface area (Å²) in [5.41, 5.74) is 0. The van der Waals surface area contributed by atoms with Crippen molar-refractivity contribution in [1.29, 1.82) is 0 Å². The van der Waals surface area contributed by atoms with Crippen molar-refractivity contribution in [2.75, 3.05) is 18.4 Å². The van der Waals surface area contributed by atoms with Gasteiger partial charge in [-0.2, -0.15) is 5.10 Å². The second kappa shape index (κ2) is 7.58. The van der Waals surface area contributed by atoms with Crippen molar-refractivity contribution in [3.05, 3.63) is 12.3 Å². The van der Waals surface area contributed by atoms with Gasteiger partial charge in [-0.3, -0.25) is 19.1 Å². The van der Waals surface area contributed by atoms with Gasteiger partial charge in [-0.25, -0.2) is 0 Å². The maximum absolute atomic E-state index is 12.0. The molecule has 0 unspecified atom stereocenters. The Morgan fingerprint density at radius 1 is 1.23 bits per heavy atom. The molecule has 2 amide bonds. The van der Waals surface area contributed by atoms with Crippen molar-refractivity contribution in [3.63, 3.8) is 0 Å². The summed E-state index contributed by atoms with van der Waals surface area (Å²) in [5, 5.41) is 15.2. The number of carboxylic acid groups (broad SMARTS) is 1. The van der Waals surface area contributed by atoms with Gasteiger partial charge in [-0.15, -0.1) is 0 Å². The van der Waals surface area contributed by atoms with Crippen LogP contribution >= 0.6 is 0 Å². The van der Waals surface area contributed by atoms with Gasteiger partial charge in [0.1, 0.15) is 6.54 Å². The van der Waals surface area contributed by atoms with E-state index in [1.165, 1.54) is 16.9 Å². The van der Waals surface area contributed by atoms with Gasteiger partial charge in [-0.1, -0.05) is 12.8 Å². The molecule has 2 rings (SSSR count). The van der Waals surface area contributed by atoms with Crippen molar-refractivity contribution >= 4 is 23.6 Å². The Balaban J connectivity index is 1.87. The standard InChI is InChI=1S/C14H20N4O4/c19-12(9-17-7-4-2-1-3-5-13(17)20)15-11-6-8-18(16-11)10-14(21)22/h6,8H,1-5,7,9-10H2,(H,21,22)(H,15,16,19). The van der Waals surface area contributed by atoms with Crippen LogP contribution < -0.4 is 5.32 Å². The maximum atomic E-state index is 12.0. The summed E-state index contributed by atoms with van der Waals surface area (Å²) in [6, 6.07) is 1.52. The van der Waals surface area contributed by atoms with Gasteiger partial charge in [0.25, 0.3) is 0 Å². The number of rotatable bonds is 5. The molecule has 1 aliphatic heterocycles. The Kier molecular flexibility index (Phi) is 5.51. The van der Waals surface area contributed by atoms with Crippen LogP contribution in [0.5, 0.6) is 0 Å². The number of nitrogens with one attached hydrogen (secondary N) is 1. The highest BCUT2D eigenvalue weighted by Gasteiger charge is 2.18. The number of anilines is 1. The third-order valence-corrected chi connectivity index (χ3v) is 3.46. The minimum absolute atomic E-state index is 0.00459. The minimum atomic E-state index is -1.01. The highest BCUT2D eigenvalue weighted by molar-refractivity contribution is 5.93. The van der Waals surface area contributed by atoms with Crippen LogP contribution in [0.25, 0.3) is 0 Å². The summed E-state index contributed by atoms with van der Waals surface area (Å²) in [6.07, 6.45) is 5.88. The Hall–Kier alpha value is -2.38. The molecular formula is C14H20N4O4. The fourth-order valence-corrected chi connectivity index (χ4v) is 2.39. The lowest BCUT2D eigenvalue weighted by atomic mass is 10.1. The first-order chi connectivity index (χ1) is 10.5. The molecule has 8 nitrogen and oxygen atoms in total. The predicted molar refractivity (Wildman–Crippen MR) is 78.2 cm³/mol. The average molecular weight is 308 g/mol. The molecule has 0 atom stereocenters. The summed E-state index contributed by atoms with van der Waals surface area (Å²) in [5.74, 6) is -1.04. The van der Waals surface area contributed by atoms with Crippen molar-refractivity contribution in [1.82, 2.24) is 14.7 Å². The fourth-order valence-electron chi connectivity index (χ4n) is 2.39. The van der Waals surface area contributed by atoms with E-state index in [1.54, 1.807) is 4.90 Å². The quantitative estimate of drug-likeness (QED) is 0.833. The molecule has 1 fully saturated rings. The summed E-state index contributed by atoms with van der Waals surface area (Å²) in [4.78, 5) is 36.1. The molecular weight excluding hydrogens is 288 g/mol. The zero-order valence-electron chi connectivity index (χ0n) is 12.3. The topological polar surface area (TPSA) is 105 Å². The van der Waals surface area contributed by atoms with E-state index in [2.05, 4.69) is 10.4 Å². The molecule has 1 aliphatic rings. The molecule has 1 aromatic rings. The predicted octanol–water partition coefficient (Wildman–Crippen LogP) is 0.699. The largest absolute Gasteiger partial charge is 0.480 e. The first-order valence-corrected chi connectivity index (χ1v) is 7.37. The second-order valence-electron chi connectivity index (χ2n) is 5.32. The number of carbonyl (C=O) groups is 3. The Morgan fingerprint density at radius 3 is 2.77 bits per heavy atom. The monoisotopic (exact) mass is 308 g/mol. The summed E-state index contributed by atoms with van der Waals surface area (Å²) in [6.45, 7) is 0.338. The SMILES string of the molecule is O=C(O)Cn1ccc(NC(=O)CN2CCCCCCC2=O)n1. The average Bonchev–Trinajstić information content (AvgIpc) is 2.84. The lowest BCUT2D eigenvalue weighted by Crippen LogP contribution is -2.39. The van der Waals surface area contributed by atoms with E-state index < -0.39 is 5.97 Å². The number of aromatic nitrogens is 2. The van der Waals surface area contributed by atoms with Crippen LogP contribution in [0.4, 0.5) is 5.82 Å². The minimum Gasteiger partial charge on any atom is -0.480 e. The third-order valence-electron chi connectivity index (χ3n) is 3.46. The number of hydrogen-bond donors (Lipinski definition) is 2. The third kappa shape index (κ3) is 4.87. The first-order valence-electron chi connectivity index (χ1n) is 7.37. The Labute approximate surface area is 128 Å². The van der Waals surface area contributed by atoms with Gasteiger partial charge >= 0.3 is 5.97 Å². The number of hydrogen-bond acceptors (Lipinski definition) is 4. The van der Waals surface area contributed by atoms with Crippen LogP contribution in [0.2, 0.25) is 0 Å². The molecule has 0 spiro atoms. The molecule has 0 radical (unpaired) electrons. The number of aliphatic carboxylic acids is 1. The van der Waals surface area contributed by atoms with Crippen LogP contribution in [-0.4, -0.2) is 50.7 Å². The van der Waals surface area contributed by atoms with Gasteiger partial charge in [0.15, 0.2) is 5.82 Å². The Bertz CT molecular complexity index is 555. The van der Waals surface area contributed by atoms with Crippen LogP contribution in [0.1, 0.15) is 32.1 Å². The summed E-state index contributed by atoms with van der Waals surface area (Å²) >= 11 is 0. The van der Waals surface area contributed by atoms with Crippen LogP contribution in [0.15, 0.2) is 12.3 Å². The maximum Gasteiger partial charge on any atom is 0.325 e. The Morgan fingerprint density at radius 2 is 2.00 bits per heavy atom. The summed E-state index contributed by atoms with van der Waals surface area (Å²) < 4.78 is 1.22. The van der Waals surface area contributed by atoms with Gasteiger partial charge in [-0.05, 0) is 12.8 Å². The lowest BCUT2D eigenvalue weighted by Gasteiger charge is -2.24. The van der Waals surface area contributed by atoms with Crippen molar-refractivity contribution in [3.8, 4) is 0 Å². The molecule has 120 valence electrons. The molecule has 0 bridgehead atoms. The number of carboxylic acids is 1. The highest BCUT2D eigenvalue weighted by atomic mass is 16.4. The molecule has 0 aliphatic carbocycles. The molecule has 0 aromatic carbocycles. The van der Waals surface area contributed by atoms with Crippen LogP contribution in [0.3, 0.4) is 0 Å². The van der Waals surface area contributed by atoms with E-state index in [4.69, 9.17) is 5.11 Å². The molecule has 1 aromatic heterocycles. The zero-order valence-corrected chi connectivity index (χ0v) is 12.3. The molecule has 2 N–H and O–H groups in total. The van der Waals surface area contributed by atoms with Crippen molar-refractivity contribution in [2.45, 2.75) is 38.6 Å². The second-order valence-corrected chi connectivity index (χ2v) is 5.32. The molecule has 8 heteroatoms. The van der Waals surface area contributed by atoms with Crippen LogP contribution in [0, 0.1) is 0 Å². The molecule has 2 heterocycles. The fraction of sp³-hybridized carbons (Fsp3) is 0.571. The van der Waals surface area contributed by atoms with E-state index in [0.717, 1.165) is 25.7 Å². The molecule has 1 saturated heterocycles. The van der Waals surface area contributed by atoms with Crippen molar-refractivity contribution < 1.29 is 19.5 Å². The summed E-state index contributed by atoms with van der Waals surface area (Å²) in [7, 11) is 0. The van der Waals surface area contributed by atoms with E-state index in [1.807, 2.05) is 0 Å². The van der Waals surface area contributed by atoms with Crippen LogP contribution in [-0.2, 0) is 20.9 Å². The first kappa shape index (κ1) is 16.0. The van der Waals surface area contributed by atoms with Gasteiger partial charge < -0.3 is 15.3 Å². The van der Waals surface area contributed by atoms with Gasteiger partial charge in [0, 0.05) is 25.2 Å². The molecule has 22 heavy (non-hydrogen) atoms. The van der Waals surface area contributed by atoms with E-state index >= 15 is 0 Å². The highest BCUT2D eigenvalue weighted by Crippen LogP contribution is 2.12. The number of likely N-dealkylation sites (tertiary alicyclic amines) is 1. The zero-order chi connectivity index (χ0) is 15.9. The smallest absolute Gasteiger partial charge is 0.325 e. The normalized spacial score (nSPS) is 16.0. The van der Waals surface area contributed by atoms with E-state index in [-0.39, 0.29) is 30.7 Å². The van der Waals surface area contributed by atoms with E-state index in [0.29, 0.717) is 13.0 Å². The van der Waals surface area contributed by atoms with Crippen molar-refractivity contribution in [2.24, 2.45) is 0 Å². The number of amides is 2. The lowest BCUT2D eigenvalue weighted by molar-refractivity contribution is -0.138. The van der Waals surface area contributed by atoms with Gasteiger partial charge in [0.2, 0.25) is 11.8 Å². The number of carbonyl (C=O) groups excluding carboxylic acids is 2. The molecule has 0 saturated carbocycles.